The zero-order valence-electron chi connectivity index (χ0n) is 11.9. The number of rotatable bonds is 7. The molecule has 0 radical (unpaired) electrons. The van der Waals surface area contributed by atoms with E-state index in [9.17, 15) is 5.11 Å². The van der Waals surface area contributed by atoms with Gasteiger partial charge in [-0.1, -0.05) is 25.3 Å². The number of aliphatic hydroxyl groups is 1. The Bertz CT molecular complexity index is 397. The van der Waals surface area contributed by atoms with Crippen molar-refractivity contribution in [2.45, 2.75) is 45.3 Å². The van der Waals surface area contributed by atoms with Crippen LogP contribution in [0.2, 0.25) is 0 Å². The molecule has 106 valence electrons. The van der Waals surface area contributed by atoms with E-state index in [0.717, 1.165) is 29.4 Å². The van der Waals surface area contributed by atoms with Crippen LogP contribution in [0.4, 0.5) is 0 Å². The SMILES string of the molecule is COc1ccc(C(C)O)cc1COCCC1CCC1. The van der Waals surface area contributed by atoms with Gasteiger partial charge in [-0.2, -0.15) is 0 Å². The summed E-state index contributed by atoms with van der Waals surface area (Å²) in [6.45, 7) is 3.13. The molecule has 1 aromatic rings. The molecule has 1 saturated carbocycles. The first-order valence-electron chi connectivity index (χ1n) is 7.13. The number of hydrogen-bond acceptors (Lipinski definition) is 3. The maximum absolute atomic E-state index is 9.61. The van der Waals surface area contributed by atoms with Crippen molar-refractivity contribution in [3.8, 4) is 5.75 Å². The lowest BCUT2D eigenvalue weighted by Gasteiger charge is -2.25. The van der Waals surface area contributed by atoms with Crippen LogP contribution in [0.25, 0.3) is 0 Å². The number of ether oxygens (including phenoxy) is 2. The van der Waals surface area contributed by atoms with Gasteiger partial charge in [-0.05, 0) is 37.0 Å². The Morgan fingerprint density at radius 1 is 1.37 bits per heavy atom. The van der Waals surface area contributed by atoms with Gasteiger partial charge in [0.1, 0.15) is 5.75 Å². The molecule has 19 heavy (non-hydrogen) atoms. The smallest absolute Gasteiger partial charge is 0.124 e. The molecule has 1 fully saturated rings. The van der Waals surface area contributed by atoms with E-state index in [0.29, 0.717) is 6.61 Å². The summed E-state index contributed by atoms with van der Waals surface area (Å²) >= 11 is 0. The predicted octanol–water partition coefficient (Wildman–Crippen LogP) is 3.46. The van der Waals surface area contributed by atoms with Crippen LogP contribution in [0.1, 0.15) is 49.8 Å². The predicted molar refractivity (Wildman–Crippen MR) is 75.2 cm³/mol. The lowest BCUT2D eigenvalue weighted by Crippen LogP contribution is -2.13. The van der Waals surface area contributed by atoms with Crippen molar-refractivity contribution in [1.29, 1.82) is 0 Å². The molecular weight excluding hydrogens is 240 g/mol. The van der Waals surface area contributed by atoms with Gasteiger partial charge in [0.2, 0.25) is 0 Å². The molecule has 1 N–H and O–H groups in total. The van der Waals surface area contributed by atoms with Crippen LogP contribution in [-0.2, 0) is 11.3 Å². The second-order valence-corrected chi connectivity index (χ2v) is 5.39. The van der Waals surface area contributed by atoms with Crippen LogP contribution in [0.5, 0.6) is 5.75 Å². The van der Waals surface area contributed by atoms with E-state index in [-0.39, 0.29) is 0 Å². The Kier molecular flexibility index (Phi) is 5.23. The first-order valence-corrected chi connectivity index (χ1v) is 7.13. The fourth-order valence-corrected chi connectivity index (χ4v) is 2.38. The average molecular weight is 264 g/mol. The molecule has 0 spiro atoms. The van der Waals surface area contributed by atoms with E-state index in [1.54, 1.807) is 14.0 Å². The molecule has 0 aromatic heterocycles. The van der Waals surface area contributed by atoms with Crippen LogP contribution < -0.4 is 4.74 Å². The molecule has 0 aliphatic heterocycles. The second kappa shape index (κ2) is 6.92. The van der Waals surface area contributed by atoms with Crippen molar-refractivity contribution in [3.05, 3.63) is 29.3 Å². The fourth-order valence-electron chi connectivity index (χ4n) is 2.38. The molecule has 0 bridgehead atoms. The minimum Gasteiger partial charge on any atom is -0.496 e. The summed E-state index contributed by atoms with van der Waals surface area (Å²) in [5, 5.41) is 9.61. The molecule has 3 heteroatoms. The molecule has 0 amide bonds. The molecule has 1 aliphatic carbocycles. The highest BCUT2D eigenvalue weighted by atomic mass is 16.5. The maximum atomic E-state index is 9.61. The monoisotopic (exact) mass is 264 g/mol. The summed E-state index contributed by atoms with van der Waals surface area (Å²) in [6, 6.07) is 5.75. The highest BCUT2D eigenvalue weighted by molar-refractivity contribution is 5.37. The van der Waals surface area contributed by atoms with Gasteiger partial charge >= 0.3 is 0 Å². The number of hydrogen-bond donors (Lipinski definition) is 1. The summed E-state index contributed by atoms with van der Waals surface area (Å²) in [7, 11) is 1.66. The summed E-state index contributed by atoms with van der Waals surface area (Å²) in [5.74, 6) is 1.71. The third-order valence-electron chi connectivity index (χ3n) is 3.94. The average Bonchev–Trinajstić information content (AvgIpc) is 2.36. The van der Waals surface area contributed by atoms with Crippen LogP contribution in [0.3, 0.4) is 0 Å². The Hall–Kier alpha value is -1.06. The highest BCUT2D eigenvalue weighted by Gasteiger charge is 2.16. The molecular formula is C16H24O3. The first-order chi connectivity index (χ1) is 9.20. The fraction of sp³-hybridized carbons (Fsp3) is 0.625. The van der Waals surface area contributed by atoms with E-state index in [1.165, 1.54) is 25.7 Å². The minimum atomic E-state index is -0.459. The normalized spacial score (nSPS) is 17.0. The maximum Gasteiger partial charge on any atom is 0.124 e. The Morgan fingerprint density at radius 3 is 2.74 bits per heavy atom. The van der Waals surface area contributed by atoms with Gasteiger partial charge < -0.3 is 14.6 Å². The van der Waals surface area contributed by atoms with Crippen molar-refractivity contribution in [2.75, 3.05) is 13.7 Å². The highest BCUT2D eigenvalue weighted by Crippen LogP contribution is 2.29. The van der Waals surface area contributed by atoms with Crippen molar-refractivity contribution >= 4 is 0 Å². The van der Waals surface area contributed by atoms with Crippen molar-refractivity contribution in [1.82, 2.24) is 0 Å². The standard InChI is InChI=1S/C16H24O3/c1-12(17)14-6-7-16(18-2)15(10-14)11-19-9-8-13-4-3-5-13/h6-7,10,12-13,17H,3-5,8-9,11H2,1-2H3. The molecule has 3 nitrogen and oxygen atoms in total. The quantitative estimate of drug-likeness (QED) is 0.767. The van der Waals surface area contributed by atoms with Crippen LogP contribution >= 0.6 is 0 Å². The van der Waals surface area contributed by atoms with Crippen LogP contribution in [-0.4, -0.2) is 18.8 Å². The summed E-state index contributed by atoms with van der Waals surface area (Å²) in [4.78, 5) is 0. The lowest BCUT2D eigenvalue weighted by molar-refractivity contribution is 0.0934. The van der Waals surface area contributed by atoms with Gasteiger partial charge in [0.05, 0.1) is 19.8 Å². The third-order valence-corrected chi connectivity index (χ3v) is 3.94. The van der Waals surface area contributed by atoms with Gasteiger partial charge in [0, 0.05) is 12.2 Å². The molecule has 1 aliphatic rings. The number of benzene rings is 1. The van der Waals surface area contributed by atoms with E-state index < -0.39 is 6.10 Å². The van der Waals surface area contributed by atoms with Crippen molar-refractivity contribution < 1.29 is 14.6 Å². The number of methoxy groups -OCH3 is 1. The minimum absolute atomic E-state index is 0.459. The summed E-state index contributed by atoms with van der Waals surface area (Å²) in [5.41, 5.74) is 1.91. The van der Waals surface area contributed by atoms with E-state index >= 15 is 0 Å². The van der Waals surface area contributed by atoms with Gasteiger partial charge in [0.15, 0.2) is 0 Å². The largest absolute Gasteiger partial charge is 0.496 e. The molecule has 1 aromatic carbocycles. The van der Waals surface area contributed by atoms with Gasteiger partial charge in [-0.15, -0.1) is 0 Å². The summed E-state index contributed by atoms with van der Waals surface area (Å²) in [6.07, 6.45) is 4.82. The topological polar surface area (TPSA) is 38.7 Å². The zero-order chi connectivity index (χ0) is 13.7. The Morgan fingerprint density at radius 2 is 2.16 bits per heavy atom. The van der Waals surface area contributed by atoms with Crippen LogP contribution in [0, 0.1) is 5.92 Å². The Labute approximate surface area is 115 Å². The van der Waals surface area contributed by atoms with Crippen molar-refractivity contribution in [2.24, 2.45) is 5.92 Å². The first kappa shape index (κ1) is 14.4. The molecule has 1 atom stereocenters. The molecule has 2 rings (SSSR count). The molecule has 0 saturated heterocycles. The number of aliphatic hydroxyl groups excluding tert-OH is 1. The molecule has 0 heterocycles. The van der Waals surface area contributed by atoms with Gasteiger partial charge in [-0.3, -0.25) is 0 Å². The zero-order valence-corrected chi connectivity index (χ0v) is 11.9. The van der Waals surface area contributed by atoms with Gasteiger partial charge in [0.25, 0.3) is 0 Å². The van der Waals surface area contributed by atoms with E-state index in [1.807, 2.05) is 18.2 Å². The van der Waals surface area contributed by atoms with Crippen molar-refractivity contribution in [3.63, 3.8) is 0 Å². The summed E-state index contributed by atoms with van der Waals surface area (Å²) < 4.78 is 11.1. The van der Waals surface area contributed by atoms with Crippen LogP contribution in [0.15, 0.2) is 18.2 Å². The molecule has 1 unspecified atom stereocenters. The third kappa shape index (κ3) is 3.95. The van der Waals surface area contributed by atoms with E-state index in [2.05, 4.69) is 0 Å². The van der Waals surface area contributed by atoms with Gasteiger partial charge in [-0.25, -0.2) is 0 Å². The second-order valence-electron chi connectivity index (χ2n) is 5.39. The van der Waals surface area contributed by atoms with E-state index in [4.69, 9.17) is 9.47 Å². The Balaban J connectivity index is 1.87. The lowest BCUT2D eigenvalue weighted by atomic mass is 9.83.